The van der Waals surface area contributed by atoms with E-state index < -0.39 is 0 Å². The van der Waals surface area contributed by atoms with Gasteiger partial charge in [-0.2, -0.15) is 15.0 Å². The molecular weight excluding hydrogens is 404 g/mol. The number of nitrogen functional groups attached to an aromatic ring is 1. The molecule has 152 valence electrons. The second-order valence-corrected chi connectivity index (χ2v) is 6.83. The lowest BCUT2D eigenvalue weighted by atomic mass is 10.0. The maximum absolute atomic E-state index is 6.60. The molecule has 4 rings (SSSR count). The van der Waals surface area contributed by atoms with Crippen LogP contribution in [-0.2, 0) is 11.3 Å². The standard InChI is InChI=1S/C22H19ClN4O3/c1-28-16-6-8-17(9-7-16)30-22-26-20(25-21(24)27-22)19-15-5-3-2-4-10-29-13-14(11-15)12-18(19)23/h2-9,11-12H,10,13H2,1H3,(H2,24,25,26,27)/b4-2+,5-3-. The Labute approximate surface area is 178 Å². The lowest BCUT2D eigenvalue weighted by molar-refractivity contribution is 0.148. The number of benzene rings is 2. The van der Waals surface area contributed by atoms with Crippen LogP contribution < -0.4 is 15.2 Å². The Bertz CT molecular complexity index is 1110. The van der Waals surface area contributed by atoms with E-state index in [9.17, 15) is 0 Å². The summed E-state index contributed by atoms with van der Waals surface area (Å²) in [5, 5.41) is 0.487. The van der Waals surface area contributed by atoms with E-state index in [1.165, 1.54) is 0 Å². The zero-order valence-electron chi connectivity index (χ0n) is 16.2. The van der Waals surface area contributed by atoms with Crippen molar-refractivity contribution < 1.29 is 14.2 Å². The molecule has 0 radical (unpaired) electrons. The van der Waals surface area contributed by atoms with Gasteiger partial charge >= 0.3 is 6.01 Å². The summed E-state index contributed by atoms with van der Waals surface area (Å²) in [7, 11) is 1.60. The molecule has 2 N–H and O–H groups in total. The highest BCUT2D eigenvalue weighted by molar-refractivity contribution is 6.33. The summed E-state index contributed by atoms with van der Waals surface area (Å²) in [6.45, 7) is 0.992. The maximum Gasteiger partial charge on any atom is 0.327 e. The van der Waals surface area contributed by atoms with Crippen molar-refractivity contribution in [3.05, 3.63) is 70.8 Å². The van der Waals surface area contributed by atoms with Gasteiger partial charge in [0.1, 0.15) is 11.5 Å². The van der Waals surface area contributed by atoms with Crippen LogP contribution in [0.25, 0.3) is 17.5 Å². The van der Waals surface area contributed by atoms with E-state index in [1.807, 2.05) is 36.4 Å². The van der Waals surface area contributed by atoms with Crippen molar-refractivity contribution in [3.63, 3.8) is 0 Å². The summed E-state index contributed by atoms with van der Waals surface area (Å²) < 4.78 is 16.5. The second-order valence-electron chi connectivity index (χ2n) is 6.42. The van der Waals surface area contributed by atoms with Gasteiger partial charge in [0, 0.05) is 5.56 Å². The van der Waals surface area contributed by atoms with Gasteiger partial charge in [-0.15, -0.1) is 0 Å². The predicted molar refractivity (Wildman–Crippen MR) is 116 cm³/mol. The van der Waals surface area contributed by atoms with E-state index in [-0.39, 0.29) is 12.0 Å². The maximum atomic E-state index is 6.60. The Morgan fingerprint density at radius 3 is 2.63 bits per heavy atom. The van der Waals surface area contributed by atoms with Crippen molar-refractivity contribution in [1.82, 2.24) is 15.0 Å². The minimum atomic E-state index is 0.0305. The zero-order valence-corrected chi connectivity index (χ0v) is 17.0. The third-order valence-electron chi connectivity index (χ3n) is 4.31. The van der Waals surface area contributed by atoms with Crippen molar-refractivity contribution in [3.8, 4) is 28.9 Å². The quantitative estimate of drug-likeness (QED) is 0.652. The lowest BCUT2D eigenvalue weighted by Crippen LogP contribution is -2.04. The minimum absolute atomic E-state index is 0.0305. The number of ether oxygens (including phenoxy) is 3. The molecule has 0 amide bonds. The van der Waals surface area contributed by atoms with Crippen molar-refractivity contribution in [2.24, 2.45) is 0 Å². The molecule has 2 aromatic carbocycles. The summed E-state index contributed by atoms with van der Waals surface area (Å²) in [5.74, 6) is 1.61. The molecule has 0 saturated carbocycles. The smallest absolute Gasteiger partial charge is 0.327 e. The number of methoxy groups -OCH3 is 1. The first-order valence-electron chi connectivity index (χ1n) is 9.19. The molecule has 8 heteroatoms. The fourth-order valence-electron chi connectivity index (χ4n) is 2.95. The Balaban J connectivity index is 1.74. The molecule has 2 heterocycles. The van der Waals surface area contributed by atoms with Crippen LogP contribution in [0, 0.1) is 0 Å². The number of rotatable bonds is 4. The van der Waals surface area contributed by atoms with Crippen molar-refractivity contribution in [2.75, 3.05) is 19.5 Å². The van der Waals surface area contributed by atoms with Crippen LogP contribution in [0.3, 0.4) is 0 Å². The third kappa shape index (κ3) is 4.59. The average Bonchev–Trinajstić information content (AvgIpc) is 2.73. The van der Waals surface area contributed by atoms with Crippen LogP contribution in [0.5, 0.6) is 17.5 Å². The average molecular weight is 423 g/mol. The number of allylic oxidation sites excluding steroid dienone is 2. The first-order chi connectivity index (χ1) is 14.6. The SMILES string of the molecule is COc1ccc(Oc2nc(N)nc(-c3c(Cl)cc4cc3/C=C\C=C\COC4)n2)cc1. The molecule has 30 heavy (non-hydrogen) atoms. The van der Waals surface area contributed by atoms with Crippen LogP contribution in [0.15, 0.2) is 54.6 Å². The molecule has 0 fully saturated rings. The van der Waals surface area contributed by atoms with Gasteiger partial charge in [-0.3, -0.25) is 0 Å². The van der Waals surface area contributed by atoms with E-state index in [4.69, 9.17) is 31.5 Å². The molecule has 3 aromatic rings. The number of nitrogens with two attached hydrogens (primary N) is 1. The fourth-order valence-corrected chi connectivity index (χ4v) is 3.29. The van der Waals surface area contributed by atoms with E-state index >= 15 is 0 Å². The van der Waals surface area contributed by atoms with Crippen LogP contribution in [-0.4, -0.2) is 28.7 Å². The largest absolute Gasteiger partial charge is 0.497 e. The first-order valence-corrected chi connectivity index (χ1v) is 9.57. The minimum Gasteiger partial charge on any atom is -0.497 e. The molecule has 0 aliphatic carbocycles. The molecule has 1 aliphatic heterocycles. The number of nitrogens with zero attached hydrogens (tertiary/aromatic N) is 3. The summed E-state index contributed by atoms with van der Waals surface area (Å²) in [6.07, 6.45) is 7.70. The van der Waals surface area contributed by atoms with Crippen LogP contribution in [0.2, 0.25) is 5.02 Å². The molecule has 0 spiro atoms. The Kier molecular flexibility index (Phi) is 5.92. The number of halogens is 1. The molecule has 1 aliphatic rings. The van der Waals surface area contributed by atoms with Gasteiger partial charge in [-0.05, 0) is 47.5 Å². The number of anilines is 1. The normalized spacial score (nSPS) is 15.3. The number of fused-ring (bicyclic) bond motifs is 2. The molecule has 2 bridgehead atoms. The van der Waals surface area contributed by atoms with Gasteiger partial charge in [-0.1, -0.05) is 35.9 Å². The van der Waals surface area contributed by atoms with E-state index in [0.29, 0.717) is 41.1 Å². The lowest BCUT2D eigenvalue weighted by Gasteiger charge is -2.13. The first kappa shape index (κ1) is 19.9. The number of hydrogen-bond donors (Lipinski definition) is 1. The molecule has 0 saturated heterocycles. The molecule has 0 unspecified atom stereocenters. The van der Waals surface area contributed by atoms with E-state index in [0.717, 1.165) is 11.1 Å². The van der Waals surface area contributed by atoms with Crippen molar-refractivity contribution >= 4 is 23.6 Å². The Morgan fingerprint density at radius 1 is 1.03 bits per heavy atom. The molecule has 7 nitrogen and oxygen atoms in total. The number of aromatic nitrogens is 3. The van der Waals surface area contributed by atoms with Crippen LogP contribution >= 0.6 is 11.6 Å². The zero-order chi connectivity index (χ0) is 20.9. The molecule has 0 atom stereocenters. The third-order valence-corrected chi connectivity index (χ3v) is 4.61. The van der Waals surface area contributed by atoms with Gasteiger partial charge < -0.3 is 19.9 Å². The van der Waals surface area contributed by atoms with Crippen molar-refractivity contribution in [1.29, 1.82) is 0 Å². The summed E-state index contributed by atoms with van der Waals surface area (Å²) in [6, 6.07) is 10.9. The fraction of sp³-hybridized carbons (Fsp3) is 0.136. The molecule has 1 aromatic heterocycles. The topological polar surface area (TPSA) is 92.4 Å². The summed E-state index contributed by atoms with van der Waals surface area (Å²) >= 11 is 6.60. The Morgan fingerprint density at radius 2 is 1.83 bits per heavy atom. The van der Waals surface area contributed by atoms with E-state index in [2.05, 4.69) is 15.0 Å². The highest BCUT2D eigenvalue weighted by Gasteiger charge is 2.16. The predicted octanol–water partition coefficient (Wildman–Crippen LogP) is 4.67. The number of hydrogen-bond acceptors (Lipinski definition) is 7. The Hall–Kier alpha value is -3.42. The summed E-state index contributed by atoms with van der Waals surface area (Å²) in [4.78, 5) is 12.8. The van der Waals surface area contributed by atoms with Crippen molar-refractivity contribution in [2.45, 2.75) is 6.61 Å². The monoisotopic (exact) mass is 422 g/mol. The highest BCUT2D eigenvalue weighted by Crippen LogP contribution is 2.33. The molecular formula is C22H19ClN4O3. The van der Waals surface area contributed by atoms with E-state index in [1.54, 1.807) is 31.4 Å². The van der Waals surface area contributed by atoms with Gasteiger partial charge in [0.2, 0.25) is 5.95 Å². The van der Waals surface area contributed by atoms with Gasteiger partial charge in [-0.25, -0.2) is 0 Å². The van der Waals surface area contributed by atoms with Gasteiger partial charge in [0.05, 0.1) is 25.3 Å². The van der Waals surface area contributed by atoms with Crippen LogP contribution in [0.1, 0.15) is 11.1 Å². The summed E-state index contributed by atoms with van der Waals surface area (Å²) in [5.41, 5.74) is 8.36. The second kappa shape index (κ2) is 8.94. The van der Waals surface area contributed by atoms with Gasteiger partial charge in [0.25, 0.3) is 0 Å². The van der Waals surface area contributed by atoms with Gasteiger partial charge in [0.15, 0.2) is 5.82 Å². The highest BCUT2D eigenvalue weighted by atomic mass is 35.5. The van der Waals surface area contributed by atoms with Crippen LogP contribution in [0.4, 0.5) is 5.95 Å².